The third-order valence-corrected chi connectivity index (χ3v) is 6.46. The first-order valence-corrected chi connectivity index (χ1v) is 11.9. The van der Waals surface area contributed by atoms with Crippen molar-refractivity contribution in [3.63, 3.8) is 0 Å². The summed E-state index contributed by atoms with van der Waals surface area (Å²) in [4.78, 5) is 12.9. The molecule has 5 nitrogen and oxygen atoms in total. The van der Waals surface area contributed by atoms with E-state index < -0.39 is 5.41 Å². The summed E-state index contributed by atoms with van der Waals surface area (Å²) in [6.45, 7) is 8.75. The number of ether oxygens (including phenoxy) is 2. The summed E-state index contributed by atoms with van der Waals surface area (Å²) in [5, 5.41) is 12.2. The molecule has 0 radical (unpaired) electrons. The summed E-state index contributed by atoms with van der Waals surface area (Å²) in [6, 6.07) is 15.8. The van der Waals surface area contributed by atoms with Gasteiger partial charge in [-0.2, -0.15) is 5.26 Å². The number of nitrogens with zero attached hydrogens (tertiary/aromatic N) is 1. The molecule has 0 heterocycles. The van der Waals surface area contributed by atoms with Crippen LogP contribution in [0.25, 0.3) is 0 Å². The maximum atomic E-state index is 12.9. The Morgan fingerprint density at radius 1 is 1.09 bits per heavy atom. The van der Waals surface area contributed by atoms with E-state index in [-0.39, 0.29) is 18.1 Å². The molecule has 1 saturated carbocycles. The van der Waals surface area contributed by atoms with Crippen LogP contribution in [0, 0.1) is 30.6 Å². The number of hydrogen-bond donors (Lipinski definition) is 1. The summed E-state index contributed by atoms with van der Waals surface area (Å²) in [7, 11) is 0. The lowest BCUT2D eigenvalue weighted by atomic mass is 9.85. The van der Waals surface area contributed by atoms with Crippen LogP contribution in [-0.4, -0.2) is 24.7 Å². The van der Waals surface area contributed by atoms with E-state index >= 15 is 0 Å². The van der Waals surface area contributed by atoms with Crippen molar-refractivity contribution in [2.45, 2.75) is 78.4 Å². The zero-order valence-electron chi connectivity index (χ0n) is 20.3. The SMILES string of the molecule is Cc1ccc(C)c(OCCCC(C)(C)C(=O)N[C@H]2CC[C@H](Oc3ccc(C#N)cc3)CC2)c1. The zero-order valence-corrected chi connectivity index (χ0v) is 20.3. The first-order chi connectivity index (χ1) is 15.8. The van der Waals surface area contributed by atoms with Crippen molar-refractivity contribution >= 4 is 5.91 Å². The predicted molar refractivity (Wildman–Crippen MR) is 130 cm³/mol. The van der Waals surface area contributed by atoms with Crippen LogP contribution in [0.3, 0.4) is 0 Å². The molecule has 5 heteroatoms. The van der Waals surface area contributed by atoms with Gasteiger partial charge >= 0.3 is 0 Å². The summed E-state index contributed by atoms with van der Waals surface area (Å²) in [5.74, 6) is 1.84. The molecule has 0 atom stereocenters. The van der Waals surface area contributed by atoms with Crippen molar-refractivity contribution in [1.82, 2.24) is 5.32 Å². The second-order valence-electron chi connectivity index (χ2n) is 9.81. The molecule has 1 aliphatic rings. The third kappa shape index (κ3) is 7.25. The molecular weight excluding hydrogens is 412 g/mol. The molecule has 0 unspecified atom stereocenters. The standard InChI is InChI=1S/C28H36N2O3/c1-20-6-7-21(2)26(18-20)32-17-5-16-28(3,4)27(31)30-23-10-14-25(15-11-23)33-24-12-8-22(19-29)9-13-24/h6-9,12-13,18,23,25H,5,10-11,14-17H2,1-4H3,(H,30,31)/t23-,25-. The molecule has 2 aromatic rings. The molecule has 1 N–H and O–H groups in total. The summed E-state index contributed by atoms with van der Waals surface area (Å²) in [5.41, 5.74) is 2.53. The summed E-state index contributed by atoms with van der Waals surface area (Å²) < 4.78 is 12.0. The van der Waals surface area contributed by atoms with Crippen LogP contribution in [0.2, 0.25) is 0 Å². The number of aryl methyl sites for hydroxylation is 2. The number of nitriles is 1. The van der Waals surface area contributed by atoms with Crippen molar-refractivity contribution in [3.8, 4) is 17.6 Å². The highest BCUT2D eigenvalue weighted by molar-refractivity contribution is 5.82. The molecular formula is C28H36N2O3. The van der Waals surface area contributed by atoms with Crippen LogP contribution in [0.4, 0.5) is 0 Å². The Balaban J connectivity index is 1.38. The Kier molecular flexibility index (Phi) is 8.38. The van der Waals surface area contributed by atoms with Crippen LogP contribution in [0.1, 0.15) is 69.1 Å². The first-order valence-electron chi connectivity index (χ1n) is 11.9. The van der Waals surface area contributed by atoms with Gasteiger partial charge in [0.25, 0.3) is 0 Å². The second-order valence-corrected chi connectivity index (χ2v) is 9.81. The molecule has 0 aliphatic heterocycles. The number of rotatable bonds is 9. The average Bonchev–Trinajstić information content (AvgIpc) is 2.80. The smallest absolute Gasteiger partial charge is 0.225 e. The van der Waals surface area contributed by atoms with Crippen molar-refractivity contribution in [2.24, 2.45) is 5.41 Å². The van der Waals surface area contributed by atoms with E-state index in [1.54, 1.807) is 12.1 Å². The van der Waals surface area contributed by atoms with E-state index in [9.17, 15) is 4.79 Å². The van der Waals surface area contributed by atoms with Gasteiger partial charge < -0.3 is 14.8 Å². The number of carbonyl (C=O) groups excluding carboxylic acids is 1. The van der Waals surface area contributed by atoms with Crippen LogP contribution in [-0.2, 0) is 4.79 Å². The predicted octanol–water partition coefficient (Wildman–Crippen LogP) is 5.87. The fourth-order valence-electron chi connectivity index (χ4n) is 4.18. The van der Waals surface area contributed by atoms with Crippen LogP contribution in [0.5, 0.6) is 11.5 Å². The van der Waals surface area contributed by atoms with Gasteiger partial charge in [0.05, 0.1) is 24.3 Å². The quantitative estimate of drug-likeness (QED) is 0.487. The lowest BCUT2D eigenvalue weighted by molar-refractivity contribution is -0.130. The average molecular weight is 449 g/mol. The Hall–Kier alpha value is -3.00. The minimum Gasteiger partial charge on any atom is -0.493 e. The van der Waals surface area contributed by atoms with Crippen molar-refractivity contribution in [2.75, 3.05) is 6.61 Å². The number of carbonyl (C=O) groups is 1. The topological polar surface area (TPSA) is 71.3 Å². The van der Waals surface area contributed by atoms with Crippen molar-refractivity contribution < 1.29 is 14.3 Å². The lowest BCUT2D eigenvalue weighted by Crippen LogP contribution is -2.45. The lowest BCUT2D eigenvalue weighted by Gasteiger charge is -2.32. The summed E-state index contributed by atoms with van der Waals surface area (Å²) >= 11 is 0. The van der Waals surface area contributed by atoms with Crippen molar-refractivity contribution in [1.29, 1.82) is 5.26 Å². The van der Waals surface area contributed by atoms with Gasteiger partial charge in [0, 0.05) is 11.5 Å². The number of benzene rings is 2. The Bertz CT molecular complexity index is 968. The van der Waals surface area contributed by atoms with Gasteiger partial charge in [-0.15, -0.1) is 0 Å². The fourth-order valence-corrected chi connectivity index (χ4v) is 4.18. The first kappa shape index (κ1) is 24.6. The molecule has 1 aliphatic carbocycles. The van der Waals surface area contributed by atoms with E-state index in [2.05, 4.69) is 43.4 Å². The van der Waals surface area contributed by atoms with E-state index in [4.69, 9.17) is 14.7 Å². The number of nitrogens with one attached hydrogen (secondary N) is 1. The molecule has 0 bridgehead atoms. The maximum absolute atomic E-state index is 12.9. The van der Waals surface area contributed by atoms with Gasteiger partial charge in [0.1, 0.15) is 11.5 Å². The third-order valence-electron chi connectivity index (χ3n) is 6.46. The normalized spacial score (nSPS) is 18.3. The molecule has 33 heavy (non-hydrogen) atoms. The monoisotopic (exact) mass is 448 g/mol. The molecule has 2 aromatic carbocycles. The molecule has 0 spiro atoms. The Labute approximate surface area is 198 Å². The minimum absolute atomic E-state index is 0.116. The van der Waals surface area contributed by atoms with E-state index in [0.29, 0.717) is 12.2 Å². The Morgan fingerprint density at radius 3 is 2.45 bits per heavy atom. The van der Waals surface area contributed by atoms with Gasteiger partial charge in [-0.3, -0.25) is 4.79 Å². The molecule has 3 rings (SSSR count). The van der Waals surface area contributed by atoms with Crippen LogP contribution in [0.15, 0.2) is 42.5 Å². The maximum Gasteiger partial charge on any atom is 0.225 e. The van der Waals surface area contributed by atoms with Gasteiger partial charge in [0.15, 0.2) is 0 Å². The van der Waals surface area contributed by atoms with E-state index in [1.165, 1.54) is 5.56 Å². The van der Waals surface area contributed by atoms with Crippen molar-refractivity contribution in [3.05, 3.63) is 59.2 Å². The highest BCUT2D eigenvalue weighted by atomic mass is 16.5. The van der Waals surface area contributed by atoms with Gasteiger partial charge in [-0.25, -0.2) is 0 Å². The van der Waals surface area contributed by atoms with Gasteiger partial charge in [0.2, 0.25) is 5.91 Å². The highest BCUT2D eigenvalue weighted by Crippen LogP contribution is 2.27. The zero-order chi connectivity index (χ0) is 23.8. The molecule has 1 amide bonds. The van der Waals surface area contributed by atoms with Crippen LogP contribution >= 0.6 is 0 Å². The highest BCUT2D eigenvalue weighted by Gasteiger charge is 2.31. The van der Waals surface area contributed by atoms with E-state index in [0.717, 1.165) is 55.6 Å². The molecule has 0 aromatic heterocycles. The fraction of sp³-hybridized carbons (Fsp3) is 0.500. The van der Waals surface area contributed by atoms with Crippen LogP contribution < -0.4 is 14.8 Å². The van der Waals surface area contributed by atoms with Gasteiger partial charge in [-0.05, 0) is 93.8 Å². The van der Waals surface area contributed by atoms with Gasteiger partial charge in [-0.1, -0.05) is 26.0 Å². The Morgan fingerprint density at radius 2 is 1.79 bits per heavy atom. The molecule has 0 saturated heterocycles. The second kappa shape index (κ2) is 11.2. The molecule has 176 valence electrons. The van der Waals surface area contributed by atoms with E-state index in [1.807, 2.05) is 26.0 Å². The number of amides is 1. The molecule has 1 fully saturated rings. The number of hydrogen-bond acceptors (Lipinski definition) is 4. The summed E-state index contributed by atoms with van der Waals surface area (Å²) in [6.07, 6.45) is 5.42. The largest absolute Gasteiger partial charge is 0.493 e. The minimum atomic E-state index is -0.430.